The van der Waals surface area contributed by atoms with Crippen LogP contribution in [0.5, 0.6) is 5.75 Å². The Bertz CT molecular complexity index is 1090. The number of nitrogens with one attached hydrogen (secondary N) is 1. The van der Waals surface area contributed by atoms with Gasteiger partial charge in [0.1, 0.15) is 10.6 Å². The molecule has 3 rings (SSSR count). The molecule has 7 heteroatoms. The van der Waals surface area contributed by atoms with E-state index in [1.54, 1.807) is 49.4 Å². The molecule has 3 aromatic rings. The van der Waals surface area contributed by atoms with Gasteiger partial charge in [-0.2, -0.15) is 0 Å². The summed E-state index contributed by atoms with van der Waals surface area (Å²) in [6.45, 7) is 2.44. The number of para-hydroxylation sites is 3. The maximum Gasteiger partial charge on any atom is 0.266 e. The molecule has 0 heterocycles. The Morgan fingerprint density at radius 1 is 0.903 bits per heavy atom. The first kappa shape index (κ1) is 22.4. The number of anilines is 2. The van der Waals surface area contributed by atoms with E-state index < -0.39 is 10.0 Å². The summed E-state index contributed by atoms with van der Waals surface area (Å²) < 4.78 is 33.6. The summed E-state index contributed by atoms with van der Waals surface area (Å²) in [5.74, 6) is 0.488. The molecule has 0 unspecified atom stereocenters. The van der Waals surface area contributed by atoms with E-state index in [0.717, 1.165) is 5.75 Å². The minimum atomic E-state index is -3.85. The number of ether oxygens (including phenoxy) is 1. The third-order valence-corrected chi connectivity index (χ3v) is 6.58. The van der Waals surface area contributed by atoms with Crippen LogP contribution in [-0.2, 0) is 14.8 Å². The summed E-state index contributed by atoms with van der Waals surface area (Å²) in [5, 5.41) is 2.75. The van der Waals surface area contributed by atoms with Crippen LogP contribution in [0.25, 0.3) is 0 Å². The normalized spacial score (nSPS) is 11.0. The van der Waals surface area contributed by atoms with E-state index in [1.165, 1.54) is 10.4 Å². The van der Waals surface area contributed by atoms with Gasteiger partial charge < -0.3 is 10.1 Å². The van der Waals surface area contributed by atoms with Crippen LogP contribution < -0.4 is 14.4 Å². The van der Waals surface area contributed by atoms with E-state index in [4.69, 9.17) is 4.74 Å². The monoisotopic (exact) mass is 438 g/mol. The molecule has 0 atom stereocenters. The van der Waals surface area contributed by atoms with Gasteiger partial charge in [0.05, 0.1) is 18.0 Å². The van der Waals surface area contributed by atoms with E-state index in [0.29, 0.717) is 18.7 Å². The minimum Gasteiger partial charge on any atom is -0.494 e. The molecule has 0 spiro atoms. The van der Waals surface area contributed by atoms with Crippen LogP contribution in [0.1, 0.15) is 19.8 Å². The van der Waals surface area contributed by atoms with Crippen molar-refractivity contribution in [1.29, 1.82) is 0 Å². The molecule has 0 aliphatic carbocycles. The van der Waals surface area contributed by atoms with Crippen LogP contribution in [0.2, 0.25) is 0 Å². The molecule has 0 saturated carbocycles. The third-order valence-electron chi connectivity index (χ3n) is 4.62. The number of hydrogen-bond acceptors (Lipinski definition) is 4. The zero-order valence-electron chi connectivity index (χ0n) is 17.4. The smallest absolute Gasteiger partial charge is 0.266 e. The number of benzene rings is 3. The maximum atomic E-state index is 13.3. The summed E-state index contributed by atoms with van der Waals surface area (Å²) in [6, 6.07) is 24.7. The van der Waals surface area contributed by atoms with Gasteiger partial charge in [-0.05, 0) is 49.7 Å². The third kappa shape index (κ3) is 5.86. The number of hydrogen-bond donors (Lipinski definition) is 1. The largest absolute Gasteiger partial charge is 0.494 e. The molecule has 0 bridgehead atoms. The minimum absolute atomic E-state index is 0.0644. The summed E-state index contributed by atoms with van der Waals surface area (Å²) >= 11 is 0. The van der Waals surface area contributed by atoms with E-state index >= 15 is 0 Å². The van der Waals surface area contributed by atoms with Crippen LogP contribution in [0, 0.1) is 0 Å². The molecule has 0 saturated heterocycles. The second-order valence-electron chi connectivity index (χ2n) is 6.81. The lowest BCUT2D eigenvalue weighted by atomic mass is 10.2. The number of rotatable bonds is 10. The van der Waals surface area contributed by atoms with Gasteiger partial charge in [0.15, 0.2) is 0 Å². The lowest BCUT2D eigenvalue weighted by molar-refractivity contribution is -0.116. The molecule has 1 amide bonds. The van der Waals surface area contributed by atoms with E-state index in [1.807, 2.05) is 36.4 Å². The van der Waals surface area contributed by atoms with Gasteiger partial charge in [-0.1, -0.05) is 48.5 Å². The second kappa shape index (κ2) is 10.6. The molecule has 0 radical (unpaired) electrons. The van der Waals surface area contributed by atoms with Crippen molar-refractivity contribution in [2.24, 2.45) is 0 Å². The molecule has 0 aliphatic heterocycles. The highest BCUT2D eigenvalue weighted by Gasteiger charge is 2.26. The van der Waals surface area contributed by atoms with Gasteiger partial charge in [-0.3, -0.25) is 9.10 Å². The average molecular weight is 439 g/mol. The molecule has 0 aromatic heterocycles. The fourth-order valence-electron chi connectivity index (χ4n) is 3.15. The number of nitrogens with zero attached hydrogens (tertiary/aromatic N) is 1. The molecule has 0 fully saturated rings. The summed E-state index contributed by atoms with van der Waals surface area (Å²) in [7, 11) is -3.85. The van der Waals surface area contributed by atoms with E-state index in [-0.39, 0.29) is 29.5 Å². The van der Waals surface area contributed by atoms with Crippen LogP contribution in [0.3, 0.4) is 0 Å². The summed E-state index contributed by atoms with van der Waals surface area (Å²) in [5.41, 5.74) is 0.843. The quantitative estimate of drug-likeness (QED) is 0.466. The van der Waals surface area contributed by atoms with Crippen molar-refractivity contribution in [3.05, 3.63) is 84.9 Å². The molecular weight excluding hydrogens is 412 g/mol. The Balaban J connectivity index is 1.67. The van der Waals surface area contributed by atoms with Gasteiger partial charge in [0, 0.05) is 13.0 Å². The molecule has 1 N–H and O–H groups in total. The fourth-order valence-corrected chi connectivity index (χ4v) is 4.78. The number of carbonyl (C=O) groups excluding carboxylic acids is 1. The first-order valence-electron chi connectivity index (χ1n) is 10.2. The molecule has 3 aromatic carbocycles. The summed E-state index contributed by atoms with van der Waals surface area (Å²) in [6.07, 6.45) is 0.734. The fraction of sp³-hybridized carbons (Fsp3) is 0.208. The van der Waals surface area contributed by atoms with Crippen molar-refractivity contribution in [2.45, 2.75) is 24.7 Å². The van der Waals surface area contributed by atoms with Crippen molar-refractivity contribution >= 4 is 27.3 Å². The first-order valence-corrected chi connectivity index (χ1v) is 11.6. The average Bonchev–Trinajstić information content (AvgIpc) is 2.79. The van der Waals surface area contributed by atoms with Gasteiger partial charge in [-0.25, -0.2) is 8.42 Å². The zero-order chi connectivity index (χ0) is 22.1. The molecule has 31 heavy (non-hydrogen) atoms. The Labute approximate surface area is 183 Å². The second-order valence-corrected chi connectivity index (χ2v) is 8.65. The van der Waals surface area contributed by atoms with Gasteiger partial charge in [0.2, 0.25) is 5.91 Å². The van der Waals surface area contributed by atoms with Gasteiger partial charge >= 0.3 is 0 Å². The van der Waals surface area contributed by atoms with Crippen LogP contribution in [0.15, 0.2) is 89.8 Å². The van der Waals surface area contributed by atoms with Crippen LogP contribution in [-0.4, -0.2) is 27.5 Å². The topological polar surface area (TPSA) is 75.7 Å². The highest BCUT2D eigenvalue weighted by molar-refractivity contribution is 7.93. The molecular formula is C24H26N2O4S. The summed E-state index contributed by atoms with van der Waals surface area (Å²) in [4.78, 5) is 12.5. The number of sulfonamides is 1. The molecule has 0 aliphatic rings. The predicted molar refractivity (Wildman–Crippen MR) is 123 cm³/mol. The predicted octanol–water partition coefficient (Wildman–Crippen LogP) is 4.70. The van der Waals surface area contributed by atoms with Crippen molar-refractivity contribution < 1.29 is 17.9 Å². The Hall–Kier alpha value is -3.32. The van der Waals surface area contributed by atoms with Gasteiger partial charge in [-0.15, -0.1) is 0 Å². The van der Waals surface area contributed by atoms with E-state index in [2.05, 4.69) is 5.32 Å². The molecule has 6 nitrogen and oxygen atoms in total. The highest BCUT2D eigenvalue weighted by Crippen LogP contribution is 2.28. The lowest BCUT2D eigenvalue weighted by Crippen LogP contribution is -2.31. The zero-order valence-corrected chi connectivity index (χ0v) is 18.2. The van der Waals surface area contributed by atoms with Crippen molar-refractivity contribution in [1.82, 2.24) is 0 Å². The van der Waals surface area contributed by atoms with Crippen LogP contribution in [0.4, 0.5) is 11.4 Å². The molecule has 162 valence electrons. The standard InChI is InChI=1S/C24H26N2O4S/c1-2-26(20-12-5-3-6-13-20)31(28,29)23-17-10-9-16-22(23)25-24(27)18-11-19-30-21-14-7-4-8-15-21/h3-10,12-17H,2,11,18-19H2,1H3,(H,25,27). The van der Waals surface area contributed by atoms with Crippen LogP contribution >= 0.6 is 0 Å². The highest BCUT2D eigenvalue weighted by atomic mass is 32.2. The first-order chi connectivity index (χ1) is 15.0. The van der Waals surface area contributed by atoms with E-state index in [9.17, 15) is 13.2 Å². The lowest BCUT2D eigenvalue weighted by Gasteiger charge is -2.24. The SMILES string of the molecule is CCN(c1ccccc1)S(=O)(=O)c1ccccc1NC(=O)CCCOc1ccccc1. The van der Waals surface area contributed by atoms with Gasteiger partial charge in [0.25, 0.3) is 10.0 Å². The number of carbonyl (C=O) groups is 1. The van der Waals surface area contributed by atoms with Crippen molar-refractivity contribution in [2.75, 3.05) is 22.8 Å². The Morgan fingerprint density at radius 2 is 1.52 bits per heavy atom. The Morgan fingerprint density at radius 3 is 2.19 bits per heavy atom. The number of amides is 1. The van der Waals surface area contributed by atoms with Crippen molar-refractivity contribution in [3.63, 3.8) is 0 Å². The Kier molecular flexibility index (Phi) is 7.67. The maximum absolute atomic E-state index is 13.3. The van der Waals surface area contributed by atoms with Crippen molar-refractivity contribution in [3.8, 4) is 5.75 Å².